The molecule has 3 N–H and O–H groups in total. The second-order valence-corrected chi connectivity index (χ2v) is 5.81. The zero-order valence-electron chi connectivity index (χ0n) is 12.0. The highest BCUT2D eigenvalue weighted by atomic mass is 16.5. The average molecular weight is 283 g/mol. The molecule has 0 spiro atoms. The van der Waals surface area contributed by atoms with E-state index in [1.807, 2.05) is 54.6 Å². The Morgan fingerprint density at radius 3 is 2.38 bits per heavy atom. The van der Waals surface area contributed by atoms with E-state index in [2.05, 4.69) is 0 Å². The van der Waals surface area contributed by atoms with Gasteiger partial charge in [-0.3, -0.25) is 0 Å². The van der Waals surface area contributed by atoms with E-state index in [9.17, 15) is 5.11 Å². The topological polar surface area (TPSA) is 55.5 Å². The molecule has 21 heavy (non-hydrogen) atoms. The molecule has 0 heterocycles. The van der Waals surface area contributed by atoms with Crippen molar-refractivity contribution in [1.29, 1.82) is 0 Å². The van der Waals surface area contributed by atoms with E-state index >= 15 is 0 Å². The highest BCUT2D eigenvalue weighted by Crippen LogP contribution is 2.49. The van der Waals surface area contributed by atoms with Gasteiger partial charge in [0, 0.05) is 12.0 Å². The van der Waals surface area contributed by atoms with Gasteiger partial charge < -0.3 is 15.6 Å². The summed E-state index contributed by atoms with van der Waals surface area (Å²) in [5.41, 5.74) is 6.61. The molecule has 1 fully saturated rings. The zero-order chi connectivity index (χ0) is 14.7. The minimum atomic E-state index is -0.518. The van der Waals surface area contributed by atoms with Crippen LogP contribution in [0.15, 0.2) is 54.6 Å². The van der Waals surface area contributed by atoms with Gasteiger partial charge in [0.05, 0.1) is 6.10 Å². The molecule has 1 aliphatic carbocycles. The van der Waals surface area contributed by atoms with Crippen molar-refractivity contribution in [3.05, 3.63) is 60.2 Å². The molecule has 3 rings (SSSR count). The van der Waals surface area contributed by atoms with E-state index in [1.54, 1.807) is 0 Å². The van der Waals surface area contributed by atoms with E-state index < -0.39 is 6.10 Å². The van der Waals surface area contributed by atoms with Crippen molar-refractivity contribution in [2.24, 2.45) is 11.1 Å². The second-order valence-electron chi connectivity index (χ2n) is 5.81. The van der Waals surface area contributed by atoms with Gasteiger partial charge in [0.25, 0.3) is 0 Å². The Morgan fingerprint density at radius 1 is 1.05 bits per heavy atom. The summed E-state index contributed by atoms with van der Waals surface area (Å²) in [5, 5.41) is 10.6. The third-order valence-electron chi connectivity index (χ3n) is 4.49. The molecular formula is C18H21NO2. The van der Waals surface area contributed by atoms with Crippen LogP contribution in [-0.2, 0) is 0 Å². The molecule has 1 atom stereocenters. The van der Waals surface area contributed by atoms with Crippen LogP contribution in [0.4, 0.5) is 0 Å². The summed E-state index contributed by atoms with van der Waals surface area (Å²) in [7, 11) is 0. The largest absolute Gasteiger partial charge is 0.457 e. The minimum absolute atomic E-state index is 0.147. The first-order chi connectivity index (χ1) is 10.2. The molecule has 3 nitrogen and oxygen atoms in total. The molecule has 2 aromatic carbocycles. The number of aliphatic hydroxyl groups is 1. The van der Waals surface area contributed by atoms with Crippen molar-refractivity contribution in [2.45, 2.75) is 25.4 Å². The maximum Gasteiger partial charge on any atom is 0.127 e. The maximum atomic E-state index is 10.6. The number of para-hydroxylation sites is 1. The van der Waals surface area contributed by atoms with Crippen LogP contribution in [0.5, 0.6) is 11.5 Å². The van der Waals surface area contributed by atoms with Crippen LogP contribution >= 0.6 is 0 Å². The van der Waals surface area contributed by atoms with Crippen LogP contribution in [-0.4, -0.2) is 11.7 Å². The quantitative estimate of drug-likeness (QED) is 0.880. The third kappa shape index (κ3) is 2.80. The first-order valence-electron chi connectivity index (χ1n) is 7.44. The van der Waals surface area contributed by atoms with E-state index in [1.165, 1.54) is 0 Å². The van der Waals surface area contributed by atoms with Crippen LogP contribution in [0.25, 0.3) is 0 Å². The number of ether oxygens (including phenoxy) is 1. The Balaban J connectivity index is 1.80. The van der Waals surface area contributed by atoms with Crippen LogP contribution in [0.1, 0.15) is 30.9 Å². The highest BCUT2D eigenvalue weighted by Gasteiger charge is 2.42. The van der Waals surface area contributed by atoms with Gasteiger partial charge in [-0.2, -0.15) is 0 Å². The van der Waals surface area contributed by atoms with Gasteiger partial charge in [-0.1, -0.05) is 36.8 Å². The number of nitrogens with two attached hydrogens (primary N) is 1. The van der Waals surface area contributed by atoms with Crippen LogP contribution in [0.2, 0.25) is 0 Å². The molecule has 1 saturated carbocycles. The van der Waals surface area contributed by atoms with E-state index in [0.29, 0.717) is 6.54 Å². The first kappa shape index (κ1) is 14.1. The van der Waals surface area contributed by atoms with Crippen molar-refractivity contribution >= 4 is 0 Å². The molecule has 0 bridgehead atoms. The fourth-order valence-corrected chi connectivity index (χ4v) is 2.95. The Kier molecular flexibility index (Phi) is 3.95. The standard InChI is InChI=1S/C18H21NO2/c19-13-18(10-5-11-18)17(20)14-6-4-9-16(12-14)21-15-7-2-1-3-8-15/h1-4,6-9,12,17,20H,5,10-11,13,19H2. The minimum Gasteiger partial charge on any atom is -0.457 e. The number of aliphatic hydroxyl groups excluding tert-OH is 1. The number of hydrogen-bond acceptors (Lipinski definition) is 3. The van der Waals surface area contributed by atoms with Crippen LogP contribution in [0, 0.1) is 5.41 Å². The fourth-order valence-electron chi connectivity index (χ4n) is 2.95. The van der Waals surface area contributed by atoms with E-state index in [4.69, 9.17) is 10.5 Å². The van der Waals surface area contributed by atoms with Gasteiger partial charge >= 0.3 is 0 Å². The molecule has 1 unspecified atom stereocenters. The predicted molar refractivity (Wildman–Crippen MR) is 83.3 cm³/mol. The van der Waals surface area contributed by atoms with Crippen molar-refractivity contribution < 1.29 is 9.84 Å². The lowest BCUT2D eigenvalue weighted by Crippen LogP contribution is -2.42. The number of benzene rings is 2. The zero-order valence-corrected chi connectivity index (χ0v) is 12.0. The van der Waals surface area contributed by atoms with Crippen molar-refractivity contribution in [3.63, 3.8) is 0 Å². The van der Waals surface area contributed by atoms with Gasteiger partial charge in [-0.05, 0) is 42.7 Å². The summed E-state index contributed by atoms with van der Waals surface area (Å²) in [4.78, 5) is 0. The summed E-state index contributed by atoms with van der Waals surface area (Å²) in [6, 6.07) is 17.3. The van der Waals surface area contributed by atoms with Crippen molar-refractivity contribution in [3.8, 4) is 11.5 Å². The molecule has 0 amide bonds. The summed E-state index contributed by atoms with van der Waals surface area (Å²) in [6.07, 6.45) is 2.62. The van der Waals surface area contributed by atoms with Crippen molar-refractivity contribution in [1.82, 2.24) is 0 Å². The summed E-state index contributed by atoms with van der Waals surface area (Å²) < 4.78 is 5.82. The molecule has 0 saturated heterocycles. The molecule has 3 heteroatoms. The van der Waals surface area contributed by atoms with Gasteiger partial charge in [0.2, 0.25) is 0 Å². The third-order valence-corrected chi connectivity index (χ3v) is 4.49. The van der Waals surface area contributed by atoms with E-state index in [0.717, 1.165) is 36.3 Å². The number of rotatable bonds is 5. The van der Waals surface area contributed by atoms with Crippen LogP contribution < -0.4 is 10.5 Å². The lowest BCUT2D eigenvalue weighted by Gasteiger charge is -2.44. The highest BCUT2D eigenvalue weighted by molar-refractivity contribution is 5.35. The Morgan fingerprint density at radius 2 is 1.76 bits per heavy atom. The van der Waals surface area contributed by atoms with Gasteiger partial charge in [-0.15, -0.1) is 0 Å². The lowest BCUT2D eigenvalue weighted by atomic mass is 9.63. The summed E-state index contributed by atoms with van der Waals surface area (Å²) >= 11 is 0. The van der Waals surface area contributed by atoms with Gasteiger partial charge in [-0.25, -0.2) is 0 Å². The van der Waals surface area contributed by atoms with Crippen molar-refractivity contribution in [2.75, 3.05) is 6.54 Å². The number of hydrogen-bond donors (Lipinski definition) is 2. The van der Waals surface area contributed by atoms with Gasteiger partial charge in [0.1, 0.15) is 11.5 Å². The molecular weight excluding hydrogens is 262 g/mol. The normalized spacial score (nSPS) is 17.8. The monoisotopic (exact) mass is 283 g/mol. The summed E-state index contributed by atoms with van der Waals surface area (Å²) in [5.74, 6) is 1.53. The molecule has 110 valence electrons. The SMILES string of the molecule is NCC1(C(O)c2cccc(Oc3ccccc3)c2)CCC1. The van der Waals surface area contributed by atoms with Gasteiger partial charge in [0.15, 0.2) is 0 Å². The molecule has 2 aromatic rings. The molecule has 0 aromatic heterocycles. The lowest BCUT2D eigenvalue weighted by molar-refractivity contribution is -0.0297. The van der Waals surface area contributed by atoms with E-state index in [-0.39, 0.29) is 5.41 Å². The smallest absolute Gasteiger partial charge is 0.127 e. The molecule has 0 radical (unpaired) electrons. The Labute approximate surface area is 125 Å². The Bertz CT molecular complexity index is 588. The second kappa shape index (κ2) is 5.88. The molecule has 1 aliphatic rings. The predicted octanol–water partition coefficient (Wildman–Crippen LogP) is 3.64. The first-order valence-corrected chi connectivity index (χ1v) is 7.44. The fraction of sp³-hybridized carbons (Fsp3) is 0.333. The summed E-state index contributed by atoms with van der Waals surface area (Å²) in [6.45, 7) is 0.526. The Hall–Kier alpha value is -1.84. The maximum absolute atomic E-state index is 10.6. The average Bonchev–Trinajstić information content (AvgIpc) is 2.48. The van der Waals surface area contributed by atoms with Crippen LogP contribution in [0.3, 0.4) is 0 Å². The molecule has 0 aliphatic heterocycles.